The molecule has 13 heavy (non-hydrogen) atoms. The van der Waals surface area contributed by atoms with Gasteiger partial charge in [-0.1, -0.05) is 6.92 Å². The minimum Gasteiger partial charge on any atom is -0.459 e. The van der Waals surface area contributed by atoms with Crippen LogP contribution in [0, 0.1) is 0 Å². The summed E-state index contributed by atoms with van der Waals surface area (Å²) in [5.41, 5.74) is -0.381. The van der Waals surface area contributed by atoms with Crippen LogP contribution in [0.2, 0.25) is 0 Å². The lowest BCUT2D eigenvalue weighted by molar-refractivity contribution is -0.153. The van der Waals surface area contributed by atoms with Gasteiger partial charge in [0.2, 0.25) is 0 Å². The molecule has 0 rings (SSSR count). The molecule has 78 valence electrons. The molecule has 3 nitrogen and oxygen atoms in total. The average Bonchev–Trinajstić information content (AvgIpc) is 1.97. The van der Waals surface area contributed by atoms with Gasteiger partial charge in [0.15, 0.2) is 0 Å². The molecule has 0 aromatic rings. The van der Waals surface area contributed by atoms with Gasteiger partial charge in [-0.2, -0.15) is 0 Å². The predicted octanol–water partition coefficient (Wildman–Crippen LogP) is 1.72. The quantitative estimate of drug-likeness (QED) is 0.681. The lowest BCUT2D eigenvalue weighted by Crippen LogP contribution is -2.35. The molecule has 1 atom stereocenters. The molecular formula is C10H21NO2. The molecule has 3 heteroatoms. The van der Waals surface area contributed by atoms with Crippen molar-refractivity contribution in [2.45, 2.75) is 52.7 Å². The highest BCUT2D eigenvalue weighted by atomic mass is 16.6. The fraction of sp³-hybridized carbons (Fsp3) is 0.900. The molecule has 1 N–H and O–H groups in total. The third-order valence-corrected chi connectivity index (χ3v) is 1.63. The van der Waals surface area contributed by atoms with Gasteiger partial charge in [-0.15, -0.1) is 0 Å². The van der Waals surface area contributed by atoms with Crippen molar-refractivity contribution in [1.82, 2.24) is 5.32 Å². The van der Waals surface area contributed by atoms with Gasteiger partial charge in [-0.3, -0.25) is 4.79 Å². The van der Waals surface area contributed by atoms with Crippen LogP contribution in [-0.2, 0) is 9.53 Å². The number of hydrogen-bond donors (Lipinski definition) is 1. The van der Waals surface area contributed by atoms with Gasteiger partial charge in [-0.05, 0) is 34.1 Å². The highest BCUT2D eigenvalue weighted by Gasteiger charge is 2.15. The zero-order valence-electron chi connectivity index (χ0n) is 9.31. The highest BCUT2D eigenvalue weighted by Crippen LogP contribution is 2.06. The van der Waals surface area contributed by atoms with Crippen molar-refractivity contribution in [2.24, 2.45) is 0 Å². The Morgan fingerprint density at radius 2 is 2.00 bits per heavy atom. The molecule has 0 radical (unpaired) electrons. The maximum Gasteiger partial charge on any atom is 0.320 e. The average molecular weight is 187 g/mol. The number of nitrogens with one attached hydrogen (secondary N) is 1. The third kappa shape index (κ3) is 7.78. The van der Waals surface area contributed by atoms with Crippen molar-refractivity contribution in [2.75, 3.05) is 6.54 Å². The number of carbonyl (C=O) groups is 1. The summed E-state index contributed by atoms with van der Waals surface area (Å²) >= 11 is 0. The van der Waals surface area contributed by atoms with E-state index >= 15 is 0 Å². The van der Waals surface area contributed by atoms with Gasteiger partial charge >= 0.3 is 5.97 Å². The van der Waals surface area contributed by atoms with E-state index < -0.39 is 0 Å². The molecule has 0 aliphatic heterocycles. The van der Waals surface area contributed by atoms with Crippen molar-refractivity contribution < 1.29 is 9.53 Å². The molecule has 1 unspecified atom stereocenters. The van der Waals surface area contributed by atoms with Crippen molar-refractivity contribution in [1.29, 1.82) is 0 Å². The summed E-state index contributed by atoms with van der Waals surface area (Å²) in [4.78, 5) is 11.2. The van der Waals surface area contributed by atoms with E-state index in [-0.39, 0.29) is 11.6 Å². The van der Waals surface area contributed by atoms with E-state index in [4.69, 9.17) is 4.74 Å². The summed E-state index contributed by atoms with van der Waals surface area (Å²) in [5.74, 6) is -0.187. The molecule has 0 saturated carbocycles. The molecule has 0 aromatic carbocycles. The third-order valence-electron chi connectivity index (χ3n) is 1.63. The predicted molar refractivity (Wildman–Crippen MR) is 53.6 cm³/mol. The van der Waals surface area contributed by atoms with Gasteiger partial charge in [0.05, 0.1) is 6.54 Å². The van der Waals surface area contributed by atoms with Crippen LogP contribution in [0.15, 0.2) is 0 Å². The number of rotatable bonds is 4. The molecule has 0 amide bonds. The number of ether oxygens (including phenoxy) is 1. The zero-order chi connectivity index (χ0) is 10.5. The van der Waals surface area contributed by atoms with Crippen LogP contribution in [0.4, 0.5) is 0 Å². The first-order valence-corrected chi connectivity index (χ1v) is 4.80. The van der Waals surface area contributed by atoms with Crippen LogP contribution in [0.25, 0.3) is 0 Å². The Kier molecular flexibility index (Phi) is 4.99. The van der Waals surface area contributed by atoms with E-state index in [1.807, 2.05) is 27.7 Å². The fourth-order valence-electron chi connectivity index (χ4n) is 0.779. The first-order chi connectivity index (χ1) is 5.85. The van der Waals surface area contributed by atoms with Crippen molar-refractivity contribution in [3.8, 4) is 0 Å². The maximum absolute atomic E-state index is 11.2. The second kappa shape index (κ2) is 5.22. The molecule has 0 aromatic heterocycles. The van der Waals surface area contributed by atoms with Crippen molar-refractivity contribution in [3.05, 3.63) is 0 Å². The van der Waals surface area contributed by atoms with Gasteiger partial charge < -0.3 is 10.1 Å². The van der Waals surface area contributed by atoms with Gasteiger partial charge in [-0.25, -0.2) is 0 Å². The summed E-state index contributed by atoms with van der Waals surface area (Å²) < 4.78 is 5.13. The molecule has 0 spiro atoms. The van der Waals surface area contributed by atoms with E-state index in [0.29, 0.717) is 12.6 Å². The first-order valence-electron chi connectivity index (χ1n) is 4.80. The Hall–Kier alpha value is -0.570. The smallest absolute Gasteiger partial charge is 0.320 e. The van der Waals surface area contributed by atoms with Crippen molar-refractivity contribution in [3.63, 3.8) is 0 Å². The highest BCUT2D eigenvalue weighted by molar-refractivity contribution is 5.72. The van der Waals surface area contributed by atoms with Crippen LogP contribution in [0.1, 0.15) is 41.0 Å². The lowest BCUT2D eigenvalue weighted by atomic mass is 10.2. The Labute approximate surface area is 80.8 Å². The Morgan fingerprint density at radius 1 is 1.46 bits per heavy atom. The zero-order valence-corrected chi connectivity index (χ0v) is 9.31. The molecular weight excluding hydrogens is 166 g/mol. The minimum atomic E-state index is -0.381. The van der Waals surface area contributed by atoms with E-state index in [9.17, 15) is 4.79 Å². The minimum absolute atomic E-state index is 0.187. The van der Waals surface area contributed by atoms with Crippen LogP contribution < -0.4 is 5.32 Å². The second-order valence-corrected chi connectivity index (χ2v) is 4.28. The van der Waals surface area contributed by atoms with Crippen LogP contribution in [-0.4, -0.2) is 24.2 Å². The standard InChI is InChI=1S/C10H21NO2/c1-6-8(2)11-7-9(12)13-10(3,4)5/h8,11H,6-7H2,1-5H3. The van der Waals surface area contributed by atoms with Crippen LogP contribution in [0.5, 0.6) is 0 Å². The van der Waals surface area contributed by atoms with Gasteiger partial charge in [0.25, 0.3) is 0 Å². The molecule has 0 heterocycles. The number of esters is 1. The summed E-state index contributed by atoms with van der Waals surface area (Å²) in [6, 6.07) is 0.368. The molecule has 0 saturated heterocycles. The number of hydrogen-bond acceptors (Lipinski definition) is 3. The summed E-state index contributed by atoms with van der Waals surface area (Å²) in [6.07, 6.45) is 1.02. The Balaban J connectivity index is 3.64. The molecule has 0 fully saturated rings. The van der Waals surface area contributed by atoms with Gasteiger partial charge in [0.1, 0.15) is 5.60 Å². The monoisotopic (exact) mass is 187 g/mol. The van der Waals surface area contributed by atoms with Crippen LogP contribution >= 0.6 is 0 Å². The SMILES string of the molecule is CCC(C)NCC(=O)OC(C)(C)C. The Bertz CT molecular complexity index is 161. The molecule has 0 aliphatic rings. The largest absolute Gasteiger partial charge is 0.459 e. The van der Waals surface area contributed by atoms with E-state index in [1.54, 1.807) is 0 Å². The van der Waals surface area contributed by atoms with Crippen molar-refractivity contribution >= 4 is 5.97 Å². The number of carbonyl (C=O) groups excluding carboxylic acids is 1. The second-order valence-electron chi connectivity index (χ2n) is 4.28. The molecule has 0 aliphatic carbocycles. The van der Waals surface area contributed by atoms with E-state index in [1.165, 1.54) is 0 Å². The van der Waals surface area contributed by atoms with E-state index in [2.05, 4.69) is 12.2 Å². The fourth-order valence-corrected chi connectivity index (χ4v) is 0.779. The Morgan fingerprint density at radius 3 is 2.38 bits per heavy atom. The topological polar surface area (TPSA) is 38.3 Å². The molecule has 0 bridgehead atoms. The first kappa shape index (κ1) is 12.4. The lowest BCUT2D eigenvalue weighted by Gasteiger charge is -2.20. The normalized spacial score (nSPS) is 13.9. The summed E-state index contributed by atoms with van der Waals surface area (Å²) in [7, 11) is 0. The van der Waals surface area contributed by atoms with Crippen LogP contribution in [0.3, 0.4) is 0 Å². The summed E-state index contributed by atoms with van der Waals surface area (Å²) in [6.45, 7) is 10.0. The van der Waals surface area contributed by atoms with Gasteiger partial charge in [0, 0.05) is 6.04 Å². The maximum atomic E-state index is 11.2. The van der Waals surface area contributed by atoms with E-state index in [0.717, 1.165) is 6.42 Å². The summed E-state index contributed by atoms with van der Waals surface area (Å²) in [5, 5.41) is 3.08.